The number of hydrogen-bond donors (Lipinski definition) is 0. The average Bonchev–Trinajstić information content (AvgIpc) is 2.28. The second-order valence-corrected chi connectivity index (χ2v) is 4.61. The summed E-state index contributed by atoms with van der Waals surface area (Å²) >= 11 is 0. The van der Waals surface area contributed by atoms with E-state index in [4.69, 9.17) is 0 Å². The Bertz CT molecular complexity index is 504. The molecule has 1 heteroatoms. The number of hydrogen-bond acceptors (Lipinski definition) is 1. The van der Waals surface area contributed by atoms with Gasteiger partial charge in [-0.2, -0.15) is 0 Å². The maximum atomic E-state index is 4.64. The van der Waals surface area contributed by atoms with Crippen molar-refractivity contribution in [1.29, 1.82) is 0 Å². The summed E-state index contributed by atoms with van der Waals surface area (Å²) in [6.45, 7) is 4.22. The van der Waals surface area contributed by atoms with E-state index >= 15 is 0 Å². The van der Waals surface area contributed by atoms with Crippen LogP contribution in [-0.2, 0) is 12.8 Å². The van der Waals surface area contributed by atoms with Crippen LogP contribution >= 0.6 is 0 Å². The minimum Gasteiger partial charge on any atom is -0.258 e. The Morgan fingerprint density at radius 3 is 2.62 bits per heavy atom. The molecule has 1 nitrogen and oxygen atoms in total. The van der Waals surface area contributed by atoms with E-state index in [-0.39, 0.29) is 0 Å². The van der Waals surface area contributed by atoms with Gasteiger partial charge in [0.25, 0.3) is 0 Å². The summed E-state index contributed by atoms with van der Waals surface area (Å²) in [6, 6.07) is 11.0. The molecule has 1 aliphatic rings. The fourth-order valence-electron chi connectivity index (χ4n) is 2.49. The van der Waals surface area contributed by atoms with Gasteiger partial charge in [-0.3, -0.25) is 4.98 Å². The third-order valence-corrected chi connectivity index (χ3v) is 3.30. The van der Waals surface area contributed by atoms with E-state index in [2.05, 4.69) is 49.2 Å². The van der Waals surface area contributed by atoms with Crippen LogP contribution in [-0.4, -0.2) is 4.98 Å². The lowest BCUT2D eigenvalue weighted by molar-refractivity contribution is 0.885. The molecular formula is C15H15N. The van der Waals surface area contributed by atoms with Crippen molar-refractivity contribution < 1.29 is 0 Å². The number of aromatic nitrogens is 1. The molecule has 1 aromatic carbocycles. The average molecular weight is 209 g/mol. The molecule has 0 saturated heterocycles. The molecule has 0 aliphatic heterocycles. The lowest BCUT2D eigenvalue weighted by Gasteiger charge is -2.19. The number of aryl methyl sites for hydroxylation is 4. The molecule has 1 aliphatic carbocycles. The Morgan fingerprint density at radius 2 is 1.75 bits per heavy atom. The zero-order chi connectivity index (χ0) is 11.1. The Morgan fingerprint density at radius 1 is 0.938 bits per heavy atom. The van der Waals surface area contributed by atoms with E-state index in [1.807, 2.05) is 0 Å². The van der Waals surface area contributed by atoms with Gasteiger partial charge in [-0.25, -0.2) is 0 Å². The molecule has 0 N–H and O–H groups in total. The van der Waals surface area contributed by atoms with Crippen LogP contribution in [0.25, 0.3) is 11.1 Å². The van der Waals surface area contributed by atoms with Gasteiger partial charge in [0.1, 0.15) is 0 Å². The van der Waals surface area contributed by atoms with Crippen molar-refractivity contribution in [3.8, 4) is 11.1 Å². The van der Waals surface area contributed by atoms with Crippen molar-refractivity contribution in [2.75, 3.05) is 0 Å². The molecule has 0 spiro atoms. The first-order chi connectivity index (χ1) is 7.74. The third kappa shape index (κ3) is 1.44. The van der Waals surface area contributed by atoms with Gasteiger partial charge in [0.2, 0.25) is 0 Å². The molecule has 2 aromatic rings. The highest BCUT2D eigenvalue weighted by molar-refractivity contribution is 5.72. The van der Waals surface area contributed by atoms with E-state index in [0.29, 0.717) is 0 Å². The summed E-state index contributed by atoms with van der Waals surface area (Å²) in [4.78, 5) is 4.64. The lowest BCUT2D eigenvalue weighted by atomic mass is 9.87. The summed E-state index contributed by atoms with van der Waals surface area (Å²) in [5.74, 6) is 0. The molecule has 0 amide bonds. The lowest BCUT2D eigenvalue weighted by Crippen LogP contribution is -2.06. The van der Waals surface area contributed by atoms with Crippen LogP contribution in [0.5, 0.6) is 0 Å². The molecule has 0 saturated carbocycles. The smallest absolute Gasteiger partial charge is 0.0488 e. The van der Waals surface area contributed by atoms with Gasteiger partial charge in [0.05, 0.1) is 0 Å². The number of benzene rings is 1. The Labute approximate surface area is 96.2 Å². The van der Waals surface area contributed by atoms with Gasteiger partial charge in [-0.1, -0.05) is 29.8 Å². The van der Waals surface area contributed by atoms with Crippen molar-refractivity contribution in [3.05, 3.63) is 52.8 Å². The normalized spacial score (nSPS) is 13.1. The summed E-state index contributed by atoms with van der Waals surface area (Å²) < 4.78 is 0. The second kappa shape index (κ2) is 3.44. The first-order valence-corrected chi connectivity index (χ1v) is 5.80. The minimum absolute atomic E-state index is 1.08. The highest BCUT2D eigenvalue weighted by atomic mass is 14.7. The van der Waals surface area contributed by atoms with Crippen molar-refractivity contribution in [2.24, 2.45) is 0 Å². The van der Waals surface area contributed by atoms with Gasteiger partial charge in [0.15, 0.2) is 0 Å². The summed E-state index contributed by atoms with van der Waals surface area (Å²) in [5, 5.41) is 0. The topological polar surface area (TPSA) is 12.9 Å². The second-order valence-electron chi connectivity index (χ2n) is 4.61. The van der Waals surface area contributed by atoms with Gasteiger partial charge in [-0.15, -0.1) is 0 Å². The van der Waals surface area contributed by atoms with Crippen LogP contribution in [0.15, 0.2) is 30.3 Å². The quantitative estimate of drug-likeness (QED) is 0.647. The SMILES string of the molecule is Cc1ccc2c(c1)CCc1nc(C)ccc1-2. The molecule has 0 radical (unpaired) electrons. The van der Waals surface area contributed by atoms with E-state index in [1.54, 1.807) is 0 Å². The molecule has 0 unspecified atom stereocenters. The van der Waals surface area contributed by atoms with Crippen LogP contribution in [0, 0.1) is 13.8 Å². The van der Waals surface area contributed by atoms with Gasteiger partial charge < -0.3 is 0 Å². The van der Waals surface area contributed by atoms with Crippen molar-refractivity contribution in [1.82, 2.24) is 4.98 Å². The van der Waals surface area contributed by atoms with E-state index in [1.165, 1.54) is 27.9 Å². The van der Waals surface area contributed by atoms with E-state index in [9.17, 15) is 0 Å². The molecule has 0 atom stereocenters. The maximum Gasteiger partial charge on any atom is 0.0488 e. The predicted molar refractivity (Wildman–Crippen MR) is 66.6 cm³/mol. The fraction of sp³-hybridized carbons (Fsp3) is 0.267. The first-order valence-electron chi connectivity index (χ1n) is 5.80. The van der Waals surface area contributed by atoms with E-state index in [0.717, 1.165) is 18.5 Å². The molecule has 0 bridgehead atoms. The number of rotatable bonds is 0. The molecule has 1 aromatic heterocycles. The number of fused-ring (bicyclic) bond motifs is 3. The third-order valence-electron chi connectivity index (χ3n) is 3.30. The van der Waals surface area contributed by atoms with Crippen LogP contribution in [0.2, 0.25) is 0 Å². The minimum atomic E-state index is 1.08. The standard InChI is InChI=1S/C15H15N/c1-10-3-6-13-12(9-10)5-8-15-14(13)7-4-11(2)16-15/h3-4,6-7,9H,5,8H2,1-2H3. The Balaban J connectivity index is 2.23. The molecule has 0 fully saturated rings. The first kappa shape index (κ1) is 9.59. The highest BCUT2D eigenvalue weighted by Crippen LogP contribution is 2.32. The Hall–Kier alpha value is -1.63. The monoisotopic (exact) mass is 209 g/mol. The van der Waals surface area contributed by atoms with Gasteiger partial charge in [0, 0.05) is 17.0 Å². The Kier molecular flexibility index (Phi) is 2.06. The van der Waals surface area contributed by atoms with Crippen molar-refractivity contribution in [3.63, 3.8) is 0 Å². The predicted octanol–water partition coefficient (Wildman–Crippen LogP) is 3.46. The molecule has 3 rings (SSSR count). The van der Waals surface area contributed by atoms with E-state index < -0.39 is 0 Å². The van der Waals surface area contributed by atoms with Crippen LogP contribution in [0.1, 0.15) is 22.5 Å². The molecule has 16 heavy (non-hydrogen) atoms. The van der Waals surface area contributed by atoms with Crippen LogP contribution in [0.4, 0.5) is 0 Å². The summed E-state index contributed by atoms with van der Waals surface area (Å²) in [6.07, 6.45) is 2.20. The highest BCUT2D eigenvalue weighted by Gasteiger charge is 2.16. The van der Waals surface area contributed by atoms with Gasteiger partial charge in [-0.05, 0) is 43.9 Å². The molecule has 80 valence electrons. The van der Waals surface area contributed by atoms with Crippen LogP contribution in [0.3, 0.4) is 0 Å². The zero-order valence-electron chi connectivity index (χ0n) is 9.75. The molecular weight excluding hydrogens is 194 g/mol. The summed E-state index contributed by atoms with van der Waals surface area (Å²) in [5.41, 5.74) is 7.90. The fourth-order valence-corrected chi connectivity index (χ4v) is 2.49. The van der Waals surface area contributed by atoms with Crippen molar-refractivity contribution in [2.45, 2.75) is 26.7 Å². The van der Waals surface area contributed by atoms with Crippen LogP contribution < -0.4 is 0 Å². The zero-order valence-corrected chi connectivity index (χ0v) is 9.75. The maximum absolute atomic E-state index is 4.64. The number of pyridine rings is 1. The van der Waals surface area contributed by atoms with Gasteiger partial charge >= 0.3 is 0 Å². The number of nitrogens with zero attached hydrogens (tertiary/aromatic N) is 1. The molecule has 1 heterocycles. The largest absolute Gasteiger partial charge is 0.258 e. The summed E-state index contributed by atoms with van der Waals surface area (Å²) in [7, 11) is 0. The van der Waals surface area contributed by atoms with Crippen molar-refractivity contribution >= 4 is 0 Å².